The van der Waals surface area contributed by atoms with Crippen molar-refractivity contribution < 1.29 is 4.79 Å². The Kier molecular flexibility index (Phi) is 15.4. The Hall–Kier alpha value is -1.37. The van der Waals surface area contributed by atoms with Gasteiger partial charge in [0, 0.05) is 0 Å². The van der Waals surface area contributed by atoms with Gasteiger partial charge in [0.25, 0.3) is 0 Å². The Labute approximate surface area is 118 Å². The summed E-state index contributed by atoms with van der Waals surface area (Å²) in [4.78, 5) is 10.00. The zero-order valence-electron chi connectivity index (χ0n) is 12.3. The largest absolute Gasteiger partial charge is 0.299 e. The van der Waals surface area contributed by atoms with Gasteiger partial charge < -0.3 is 0 Å². The summed E-state index contributed by atoms with van der Waals surface area (Å²) in [6, 6.07) is 0. The average Bonchev–Trinajstić information content (AvgIpc) is 2.43. The van der Waals surface area contributed by atoms with Crippen LogP contribution < -0.4 is 0 Å². The second kappa shape index (κ2) is 16.6. The summed E-state index contributed by atoms with van der Waals surface area (Å²) < 4.78 is 0. The number of rotatable bonds is 12. The number of allylic oxidation sites excluding steroid dienone is 8. The van der Waals surface area contributed by atoms with E-state index in [4.69, 9.17) is 0 Å². The van der Waals surface area contributed by atoms with E-state index in [2.05, 4.69) is 25.2 Å². The van der Waals surface area contributed by atoms with E-state index >= 15 is 0 Å². The van der Waals surface area contributed by atoms with E-state index in [1.165, 1.54) is 44.6 Å². The summed E-state index contributed by atoms with van der Waals surface area (Å²) in [6.07, 6.45) is 26.8. The predicted molar refractivity (Wildman–Crippen MR) is 85.2 cm³/mol. The molecule has 0 saturated heterocycles. The fraction of sp³-hybridized carbons (Fsp3) is 0.500. The van der Waals surface area contributed by atoms with E-state index < -0.39 is 0 Å². The average molecular weight is 260 g/mol. The van der Waals surface area contributed by atoms with Gasteiger partial charge in [-0.3, -0.25) is 4.79 Å². The van der Waals surface area contributed by atoms with Crippen molar-refractivity contribution in [3.63, 3.8) is 0 Å². The molecule has 0 amide bonds. The second-order valence-electron chi connectivity index (χ2n) is 4.56. The van der Waals surface area contributed by atoms with Crippen LogP contribution in [0.15, 0.2) is 48.6 Å². The Morgan fingerprint density at radius 3 is 1.89 bits per heavy atom. The maximum Gasteiger partial charge on any atom is 0.142 e. The molecule has 0 spiro atoms. The molecule has 0 aliphatic rings. The molecule has 0 radical (unpaired) electrons. The molecule has 0 fully saturated rings. The summed E-state index contributed by atoms with van der Waals surface area (Å²) in [7, 11) is 0. The summed E-state index contributed by atoms with van der Waals surface area (Å²) in [6.45, 7) is 2.18. The first-order valence-corrected chi connectivity index (χ1v) is 7.50. The van der Waals surface area contributed by atoms with Crippen LogP contribution in [0.1, 0.15) is 58.3 Å². The van der Waals surface area contributed by atoms with Crippen molar-refractivity contribution in [1.29, 1.82) is 0 Å². The number of hydrogen-bond acceptors (Lipinski definition) is 1. The maximum absolute atomic E-state index is 10.00. The highest BCUT2D eigenvalue weighted by Crippen LogP contribution is 2.08. The van der Waals surface area contributed by atoms with Gasteiger partial charge in [-0.05, 0) is 38.2 Å². The molecule has 0 aliphatic carbocycles. The van der Waals surface area contributed by atoms with Crippen LogP contribution in [0.3, 0.4) is 0 Å². The van der Waals surface area contributed by atoms with Gasteiger partial charge in [0.15, 0.2) is 0 Å². The van der Waals surface area contributed by atoms with Crippen LogP contribution in [-0.2, 0) is 4.79 Å². The van der Waals surface area contributed by atoms with Crippen molar-refractivity contribution in [3.8, 4) is 0 Å². The van der Waals surface area contributed by atoms with Crippen LogP contribution in [0.25, 0.3) is 0 Å². The lowest BCUT2D eigenvalue weighted by molar-refractivity contribution is -0.104. The fourth-order valence-corrected chi connectivity index (χ4v) is 1.75. The third-order valence-corrected chi connectivity index (χ3v) is 2.80. The van der Waals surface area contributed by atoms with Gasteiger partial charge in [-0.15, -0.1) is 0 Å². The predicted octanol–water partition coefficient (Wildman–Crippen LogP) is 5.55. The SMILES string of the molecule is CCC=CCCCCCCCC=C/C=C/C=C\C=O. The van der Waals surface area contributed by atoms with Crippen LogP contribution in [0.4, 0.5) is 0 Å². The van der Waals surface area contributed by atoms with E-state index in [1.54, 1.807) is 6.08 Å². The van der Waals surface area contributed by atoms with E-state index in [-0.39, 0.29) is 0 Å². The van der Waals surface area contributed by atoms with Crippen molar-refractivity contribution in [2.24, 2.45) is 0 Å². The molecule has 0 saturated carbocycles. The van der Waals surface area contributed by atoms with Gasteiger partial charge in [-0.2, -0.15) is 0 Å². The van der Waals surface area contributed by atoms with Crippen molar-refractivity contribution in [3.05, 3.63) is 48.6 Å². The van der Waals surface area contributed by atoms with Gasteiger partial charge in [-0.25, -0.2) is 0 Å². The molecule has 0 bridgehead atoms. The number of carbonyl (C=O) groups is 1. The quantitative estimate of drug-likeness (QED) is 0.148. The minimum absolute atomic E-state index is 0.784. The molecule has 0 rings (SSSR count). The third kappa shape index (κ3) is 16.6. The minimum Gasteiger partial charge on any atom is -0.299 e. The molecule has 0 heterocycles. The minimum atomic E-state index is 0.784. The summed E-state index contributed by atoms with van der Waals surface area (Å²) in [5.74, 6) is 0. The molecular formula is C18H28O. The first-order chi connectivity index (χ1) is 9.41. The summed E-state index contributed by atoms with van der Waals surface area (Å²) in [5.41, 5.74) is 0. The topological polar surface area (TPSA) is 17.1 Å². The van der Waals surface area contributed by atoms with Crippen LogP contribution >= 0.6 is 0 Å². The molecular weight excluding hydrogens is 232 g/mol. The fourth-order valence-electron chi connectivity index (χ4n) is 1.75. The molecule has 0 aromatic heterocycles. The molecule has 0 aliphatic heterocycles. The van der Waals surface area contributed by atoms with Crippen LogP contribution in [0.5, 0.6) is 0 Å². The highest BCUT2D eigenvalue weighted by atomic mass is 16.1. The molecule has 0 aromatic rings. The lowest BCUT2D eigenvalue weighted by Gasteiger charge is -1.97. The molecule has 0 atom stereocenters. The number of unbranched alkanes of at least 4 members (excludes halogenated alkanes) is 6. The Morgan fingerprint density at radius 1 is 0.632 bits per heavy atom. The highest BCUT2D eigenvalue weighted by molar-refractivity contribution is 5.65. The zero-order valence-corrected chi connectivity index (χ0v) is 12.3. The lowest BCUT2D eigenvalue weighted by Crippen LogP contribution is -1.78. The van der Waals surface area contributed by atoms with E-state index in [0.29, 0.717) is 0 Å². The monoisotopic (exact) mass is 260 g/mol. The Bertz CT molecular complexity index is 295. The van der Waals surface area contributed by atoms with Gasteiger partial charge in [-0.1, -0.05) is 68.7 Å². The Balaban J connectivity index is 3.24. The molecule has 19 heavy (non-hydrogen) atoms. The zero-order chi connectivity index (χ0) is 14.0. The first-order valence-electron chi connectivity index (χ1n) is 7.50. The van der Waals surface area contributed by atoms with Crippen LogP contribution in [0, 0.1) is 0 Å². The van der Waals surface area contributed by atoms with Crippen molar-refractivity contribution >= 4 is 6.29 Å². The number of aldehydes is 1. The number of hydrogen-bond donors (Lipinski definition) is 0. The first kappa shape index (κ1) is 17.6. The normalized spacial score (nSPS) is 12.5. The third-order valence-electron chi connectivity index (χ3n) is 2.80. The smallest absolute Gasteiger partial charge is 0.142 e. The van der Waals surface area contributed by atoms with Gasteiger partial charge in [0.1, 0.15) is 6.29 Å². The number of carbonyl (C=O) groups excluding carboxylic acids is 1. The van der Waals surface area contributed by atoms with Gasteiger partial charge in [0.2, 0.25) is 0 Å². The molecule has 1 nitrogen and oxygen atoms in total. The standard InChI is InChI=1S/C18H28O/c1-2-3-4-5-6-7-8-9-10-11-12-13-14-15-16-17-18-19/h3-4,12-18H,2,5-11H2,1H3/b4-3?,13-12?,15-14+,17-16-. The van der Waals surface area contributed by atoms with Crippen LogP contribution in [-0.4, -0.2) is 6.29 Å². The van der Waals surface area contributed by atoms with E-state index in [1.807, 2.05) is 18.2 Å². The molecule has 1 heteroatoms. The lowest BCUT2D eigenvalue weighted by atomic mass is 10.1. The summed E-state index contributed by atoms with van der Waals surface area (Å²) in [5, 5.41) is 0. The van der Waals surface area contributed by atoms with Gasteiger partial charge >= 0.3 is 0 Å². The summed E-state index contributed by atoms with van der Waals surface area (Å²) >= 11 is 0. The second-order valence-corrected chi connectivity index (χ2v) is 4.56. The Morgan fingerprint density at radius 2 is 1.21 bits per heavy atom. The van der Waals surface area contributed by atoms with E-state index in [9.17, 15) is 4.79 Å². The maximum atomic E-state index is 10.00. The molecule has 0 aromatic carbocycles. The molecule has 0 N–H and O–H groups in total. The molecule has 0 unspecified atom stereocenters. The highest BCUT2D eigenvalue weighted by Gasteiger charge is 1.88. The van der Waals surface area contributed by atoms with Crippen molar-refractivity contribution in [2.45, 2.75) is 58.3 Å². The van der Waals surface area contributed by atoms with Crippen molar-refractivity contribution in [2.75, 3.05) is 0 Å². The van der Waals surface area contributed by atoms with Gasteiger partial charge in [0.05, 0.1) is 0 Å². The van der Waals surface area contributed by atoms with E-state index in [0.717, 1.165) is 19.1 Å². The van der Waals surface area contributed by atoms with Crippen molar-refractivity contribution in [1.82, 2.24) is 0 Å². The molecule has 106 valence electrons. The van der Waals surface area contributed by atoms with Crippen LogP contribution in [0.2, 0.25) is 0 Å².